The number of aromatic nitrogens is 3. The molecular weight excluding hydrogens is 327 g/mol. The highest BCUT2D eigenvalue weighted by Crippen LogP contribution is 2.36. The van der Waals surface area contributed by atoms with Crippen LogP contribution in [0.3, 0.4) is 0 Å². The Hall–Kier alpha value is -2.66. The van der Waals surface area contributed by atoms with E-state index in [0.29, 0.717) is 16.5 Å². The molecule has 3 aromatic rings. The van der Waals surface area contributed by atoms with E-state index in [4.69, 9.17) is 11.6 Å². The zero-order valence-electron chi connectivity index (χ0n) is 12.9. The lowest BCUT2D eigenvalue weighted by Gasteiger charge is -2.25. The van der Waals surface area contributed by atoms with Crippen molar-refractivity contribution < 1.29 is 4.39 Å². The Bertz CT molecular complexity index is 910. The van der Waals surface area contributed by atoms with Crippen molar-refractivity contribution in [3.8, 4) is 0 Å². The molecule has 24 heavy (non-hydrogen) atoms. The number of benzene rings is 2. The summed E-state index contributed by atoms with van der Waals surface area (Å²) < 4.78 is 16.0. The third kappa shape index (κ3) is 2.47. The van der Waals surface area contributed by atoms with E-state index in [1.807, 2.05) is 37.3 Å². The summed E-state index contributed by atoms with van der Waals surface area (Å²) in [5.74, 6) is 0.188. The number of anilines is 1. The average Bonchev–Trinajstić information content (AvgIpc) is 3.04. The monoisotopic (exact) mass is 340 g/mol. The smallest absolute Gasteiger partial charge is 0.226 e. The highest BCUT2D eigenvalue weighted by atomic mass is 35.5. The molecule has 0 amide bonds. The number of nitrogens with zero attached hydrogens (tertiary/aromatic N) is 3. The molecule has 0 spiro atoms. The maximum atomic E-state index is 14.4. The summed E-state index contributed by atoms with van der Waals surface area (Å²) in [6.45, 7) is 2.03. The molecule has 1 unspecified atom stereocenters. The molecule has 1 N–H and O–H groups in total. The van der Waals surface area contributed by atoms with Crippen LogP contribution in [-0.4, -0.2) is 14.8 Å². The summed E-state index contributed by atoms with van der Waals surface area (Å²) in [6.07, 6.45) is 3.35. The molecule has 1 aromatic heterocycles. The first-order valence-corrected chi connectivity index (χ1v) is 7.90. The molecule has 0 saturated heterocycles. The Morgan fingerprint density at radius 1 is 1.17 bits per heavy atom. The summed E-state index contributed by atoms with van der Waals surface area (Å²) in [4.78, 5) is 4.22. The number of rotatable bonds is 2. The van der Waals surface area contributed by atoms with Crippen LogP contribution >= 0.6 is 11.6 Å². The fraction of sp³-hybridized carbons (Fsp3) is 0.111. The number of halogens is 2. The number of fused-ring (bicyclic) bond motifs is 1. The highest BCUT2D eigenvalue weighted by Gasteiger charge is 2.27. The molecular formula is C18H14ClFN4. The zero-order chi connectivity index (χ0) is 16.7. The van der Waals surface area contributed by atoms with Crippen LogP contribution in [0.15, 0.2) is 54.9 Å². The Morgan fingerprint density at radius 3 is 2.71 bits per heavy atom. The van der Waals surface area contributed by atoms with Crippen molar-refractivity contribution in [2.45, 2.75) is 13.0 Å². The van der Waals surface area contributed by atoms with Gasteiger partial charge in [-0.2, -0.15) is 10.1 Å². The largest absolute Gasteiger partial charge is 0.324 e. The molecule has 0 bridgehead atoms. The van der Waals surface area contributed by atoms with Crippen LogP contribution in [0.5, 0.6) is 0 Å². The minimum atomic E-state index is -0.464. The number of nitrogens with one attached hydrogen (secondary N) is 1. The number of hydrogen-bond donors (Lipinski definition) is 1. The molecule has 4 rings (SSSR count). The predicted octanol–water partition coefficient (Wildman–Crippen LogP) is 4.44. The predicted molar refractivity (Wildman–Crippen MR) is 92.3 cm³/mol. The molecule has 4 nitrogen and oxygen atoms in total. The molecule has 0 radical (unpaired) electrons. The second-order valence-electron chi connectivity index (χ2n) is 5.68. The SMILES string of the molecule is Cc1ccc(C2=CC(c3c(F)cccc3Cl)n3ncnc3N2)cc1. The van der Waals surface area contributed by atoms with Gasteiger partial charge in [-0.3, -0.25) is 0 Å². The molecule has 1 aliphatic rings. The maximum Gasteiger partial charge on any atom is 0.226 e. The van der Waals surface area contributed by atoms with E-state index in [2.05, 4.69) is 15.4 Å². The van der Waals surface area contributed by atoms with E-state index in [1.165, 1.54) is 18.0 Å². The number of allylic oxidation sites excluding steroid dienone is 1. The molecule has 2 heterocycles. The van der Waals surface area contributed by atoms with Crippen molar-refractivity contribution in [3.05, 3.63) is 82.4 Å². The lowest BCUT2D eigenvalue weighted by Crippen LogP contribution is -2.21. The van der Waals surface area contributed by atoms with Crippen LogP contribution in [-0.2, 0) is 0 Å². The summed E-state index contributed by atoms with van der Waals surface area (Å²) in [5, 5.41) is 7.81. The van der Waals surface area contributed by atoms with E-state index in [0.717, 1.165) is 11.3 Å². The van der Waals surface area contributed by atoms with Crippen molar-refractivity contribution in [2.75, 3.05) is 5.32 Å². The van der Waals surface area contributed by atoms with Gasteiger partial charge >= 0.3 is 0 Å². The van der Waals surface area contributed by atoms with Gasteiger partial charge < -0.3 is 5.32 Å². The second-order valence-corrected chi connectivity index (χ2v) is 6.09. The van der Waals surface area contributed by atoms with E-state index in [1.54, 1.807) is 16.8 Å². The van der Waals surface area contributed by atoms with Gasteiger partial charge in [0.25, 0.3) is 0 Å². The highest BCUT2D eigenvalue weighted by molar-refractivity contribution is 6.31. The molecule has 120 valence electrons. The van der Waals surface area contributed by atoms with E-state index < -0.39 is 6.04 Å². The van der Waals surface area contributed by atoms with Crippen LogP contribution in [0.2, 0.25) is 5.02 Å². The van der Waals surface area contributed by atoms with Crippen LogP contribution in [0.25, 0.3) is 5.70 Å². The lowest BCUT2D eigenvalue weighted by molar-refractivity contribution is 0.551. The van der Waals surface area contributed by atoms with Crippen LogP contribution < -0.4 is 5.32 Å². The average molecular weight is 341 g/mol. The number of aryl methyl sites for hydroxylation is 1. The summed E-state index contributed by atoms with van der Waals surface area (Å²) >= 11 is 6.26. The first-order chi connectivity index (χ1) is 11.6. The first-order valence-electron chi connectivity index (χ1n) is 7.53. The normalized spacial score (nSPS) is 16.3. The van der Waals surface area contributed by atoms with Gasteiger partial charge in [0.2, 0.25) is 5.95 Å². The van der Waals surface area contributed by atoms with Crippen LogP contribution in [0.4, 0.5) is 10.3 Å². The summed E-state index contributed by atoms with van der Waals surface area (Å²) in [5.41, 5.74) is 3.40. The molecule has 1 aliphatic heterocycles. The molecule has 0 saturated carbocycles. The van der Waals surface area contributed by atoms with E-state index in [9.17, 15) is 4.39 Å². The standard InChI is InChI=1S/C18H14ClFN4/c1-11-5-7-12(8-6-11)15-9-16(24-18(23-15)21-10-22-24)17-13(19)3-2-4-14(17)20/h2-10,16H,1H3,(H,21,22,23). The van der Waals surface area contributed by atoms with Crippen molar-refractivity contribution in [2.24, 2.45) is 0 Å². The van der Waals surface area contributed by atoms with Gasteiger partial charge in [0, 0.05) is 16.3 Å². The number of hydrogen-bond acceptors (Lipinski definition) is 3. The van der Waals surface area contributed by atoms with Crippen LogP contribution in [0, 0.1) is 12.7 Å². The Balaban J connectivity index is 1.87. The van der Waals surface area contributed by atoms with Gasteiger partial charge in [-0.05, 0) is 30.7 Å². The summed E-state index contributed by atoms with van der Waals surface area (Å²) in [6, 6.07) is 12.3. The molecule has 1 atom stereocenters. The molecule has 0 fully saturated rings. The zero-order valence-corrected chi connectivity index (χ0v) is 13.6. The van der Waals surface area contributed by atoms with Gasteiger partial charge in [0.15, 0.2) is 0 Å². The topological polar surface area (TPSA) is 42.7 Å². The van der Waals surface area contributed by atoms with Crippen LogP contribution in [0.1, 0.15) is 22.7 Å². The third-order valence-corrected chi connectivity index (χ3v) is 4.40. The Morgan fingerprint density at radius 2 is 1.96 bits per heavy atom. The van der Waals surface area contributed by atoms with Gasteiger partial charge in [0.05, 0.1) is 0 Å². The van der Waals surface area contributed by atoms with Crippen molar-refractivity contribution in [1.82, 2.24) is 14.8 Å². The third-order valence-electron chi connectivity index (χ3n) is 4.07. The second kappa shape index (κ2) is 5.76. The van der Waals surface area contributed by atoms with Gasteiger partial charge in [-0.15, -0.1) is 0 Å². The van der Waals surface area contributed by atoms with Crippen molar-refractivity contribution >= 4 is 23.2 Å². The maximum absolute atomic E-state index is 14.4. The minimum Gasteiger partial charge on any atom is -0.324 e. The minimum absolute atomic E-state index is 0.364. The van der Waals surface area contributed by atoms with Gasteiger partial charge in [-0.25, -0.2) is 9.07 Å². The Labute approximate surface area is 143 Å². The molecule has 6 heteroatoms. The van der Waals surface area contributed by atoms with E-state index in [-0.39, 0.29) is 5.82 Å². The van der Waals surface area contributed by atoms with Gasteiger partial charge in [-0.1, -0.05) is 47.5 Å². The quantitative estimate of drug-likeness (QED) is 0.750. The fourth-order valence-electron chi connectivity index (χ4n) is 2.83. The molecule has 0 aliphatic carbocycles. The van der Waals surface area contributed by atoms with E-state index >= 15 is 0 Å². The van der Waals surface area contributed by atoms with Gasteiger partial charge in [0.1, 0.15) is 18.2 Å². The van der Waals surface area contributed by atoms with Crippen molar-refractivity contribution in [1.29, 1.82) is 0 Å². The molecule has 2 aromatic carbocycles. The first kappa shape index (κ1) is 14.9. The van der Waals surface area contributed by atoms with Crippen molar-refractivity contribution in [3.63, 3.8) is 0 Å². The fourth-order valence-corrected chi connectivity index (χ4v) is 3.11. The lowest BCUT2D eigenvalue weighted by atomic mass is 10.0. The Kier molecular flexibility index (Phi) is 3.58. The summed E-state index contributed by atoms with van der Waals surface area (Å²) in [7, 11) is 0.